The molecule has 1 fully saturated rings. The van der Waals surface area contributed by atoms with Gasteiger partial charge in [0.1, 0.15) is 5.69 Å². The number of carboxylic acid groups (broad SMARTS) is 1. The molecule has 0 bridgehead atoms. The van der Waals surface area contributed by atoms with E-state index < -0.39 is 5.97 Å². The highest BCUT2D eigenvalue weighted by Crippen LogP contribution is 2.28. The Morgan fingerprint density at radius 2 is 1.64 bits per heavy atom. The number of aromatic carboxylic acids is 1. The van der Waals surface area contributed by atoms with Crippen molar-refractivity contribution < 1.29 is 19.6 Å². The van der Waals surface area contributed by atoms with E-state index >= 15 is 0 Å². The zero-order chi connectivity index (χ0) is 20.1. The summed E-state index contributed by atoms with van der Waals surface area (Å²) >= 11 is 0. The topological polar surface area (TPSA) is 104 Å². The van der Waals surface area contributed by atoms with Gasteiger partial charge in [-0.3, -0.25) is 14.9 Å². The normalized spacial score (nSPS) is 14.0. The summed E-state index contributed by atoms with van der Waals surface area (Å²) in [5, 5.41) is 20.1. The van der Waals surface area contributed by atoms with E-state index in [0.717, 1.165) is 5.56 Å². The Bertz CT molecular complexity index is 874. The van der Waals surface area contributed by atoms with Crippen LogP contribution in [0, 0.1) is 10.1 Å². The number of carboxylic acids is 1. The van der Waals surface area contributed by atoms with Gasteiger partial charge in [0, 0.05) is 38.7 Å². The number of piperazine rings is 1. The summed E-state index contributed by atoms with van der Waals surface area (Å²) in [4.78, 5) is 37.9. The fourth-order valence-corrected chi connectivity index (χ4v) is 3.31. The Morgan fingerprint density at radius 1 is 1.00 bits per heavy atom. The van der Waals surface area contributed by atoms with Crippen LogP contribution in [0.5, 0.6) is 0 Å². The molecule has 1 saturated heterocycles. The van der Waals surface area contributed by atoms with Gasteiger partial charge < -0.3 is 14.9 Å². The highest BCUT2D eigenvalue weighted by Gasteiger charge is 2.25. The van der Waals surface area contributed by atoms with Gasteiger partial charge in [-0.15, -0.1) is 0 Å². The number of amides is 1. The Labute approximate surface area is 162 Å². The average Bonchev–Trinajstić information content (AvgIpc) is 2.72. The van der Waals surface area contributed by atoms with Gasteiger partial charge in [-0.1, -0.05) is 24.3 Å². The SMILES string of the molecule is O=C(O)c1ccc(CCC(=O)N2CCN(c3ccccc3[N+](=O)[O-])CC2)cc1. The standard InChI is InChI=1S/C20H21N3O5/c24-19(10-7-15-5-8-16(9-6-15)20(25)26)22-13-11-21(12-14-22)17-3-1-2-4-18(17)23(27)28/h1-6,8-9H,7,10-14H2,(H,25,26). The number of nitro groups is 1. The monoisotopic (exact) mass is 383 g/mol. The maximum Gasteiger partial charge on any atom is 0.335 e. The number of aryl methyl sites for hydroxylation is 1. The summed E-state index contributed by atoms with van der Waals surface area (Å²) in [5.74, 6) is -0.941. The summed E-state index contributed by atoms with van der Waals surface area (Å²) in [7, 11) is 0. The number of nitrogens with zero attached hydrogens (tertiary/aromatic N) is 3. The second-order valence-electron chi connectivity index (χ2n) is 6.62. The zero-order valence-electron chi connectivity index (χ0n) is 15.3. The molecule has 8 heteroatoms. The van der Waals surface area contributed by atoms with Crippen molar-refractivity contribution in [1.82, 2.24) is 4.90 Å². The van der Waals surface area contributed by atoms with Gasteiger partial charge in [0.15, 0.2) is 0 Å². The molecule has 146 valence electrons. The molecule has 2 aromatic rings. The Balaban J connectivity index is 1.53. The van der Waals surface area contributed by atoms with Crippen molar-refractivity contribution in [3.8, 4) is 0 Å². The third-order valence-electron chi connectivity index (χ3n) is 4.88. The number of benzene rings is 2. The number of hydrogen-bond donors (Lipinski definition) is 1. The van der Waals surface area contributed by atoms with Crippen LogP contribution < -0.4 is 4.90 Å². The fourth-order valence-electron chi connectivity index (χ4n) is 3.31. The molecule has 0 aliphatic carbocycles. The second kappa shape index (κ2) is 8.51. The van der Waals surface area contributed by atoms with Crippen LogP contribution in [0.3, 0.4) is 0 Å². The van der Waals surface area contributed by atoms with E-state index in [4.69, 9.17) is 5.11 Å². The highest BCUT2D eigenvalue weighted by atomic mass is 16.6. The predicted molar refractivity (Wildman–Crippen MR) is 104 cm³/mol. The molecular weight excluding hydrogens is 362 g/mol. The van der Waals surface area contributed by atoms with Gasteiger partial charge in [0.05, 0.1) is 10.5 Å². The first-order chi connectivity index (χ1) is 13.5. The van der Waals surface area contributed by atoms with Crippen molar-refractivity contribution in [3.63, 3.8) is 0 Å². The average molecular weight is 383 g/mol. The first kappa shape index (κ1) is 19.3. The van der Waals surface area contributed by atoms with Gasteiger partial charge in [-0.05, 0) is 30.2 Å². The molecule has 0 radical (unpaired) electrons. The van der Waals surface area contributed by atoms with E-state index in [9.17, 15) is 19.7 Å². The molecule has 1 aliphatic rings. The fraction of sp³-hybridized carbons (Fsp3) is 0.300. The van der Waals surface area contributed by atoms with Gasteiger partial charge in [0.25, 0.3) is 5.69 Å². The molecule has 0 aromatic heterocycles. The Morgan fingerprint density at radius 3 is 2.25 bits per heavy atom. The molecule has 1 amide bonds. The lowest BCUT2D eigenvalue weighted by atomic mass is 10.1. The summed E-state index contributed by atoms with van der Waals surface area (Å²) in [6.45, 7) is 2.12. The summed E-state index contributed by atoms with van der Waals surface area (Å²) < 4.78 is 0. The molecule has 8 nitrogen and oxygen atoms in total. The number of nitro benzene ring substituents is 1. The van der Waals surface area contributed by atoms with Crippen LogP contribution in [0.25, 0.3) is 0 Å². The van der Waals surface area contributed by atoms with Crippen molar-refractivity contribution >= 4 is 23.3 Å². The largest absolute Gasteiger partial charge is 0.478 e. The molecule has 0 spiro atoms. The van der Waals surface area contributed by atoms with Gasteiger partial charge in [-0.25, -0.2) is 4.79 Å². The minimum atomic E-state index is -0.973. The van der Waals surface area contributed by atoms with Crippen LogP contribution in [0.15, 0.2) is 48.5 Å². The predicted octanol–water partition coefficient (Wildman–Crippen LogP) is 2.57. The number of hydrogen-bond acceptors (Lipinski definition) is 5. The molecule has 0 unspecified atom stereocenters. The van der Waals surface area contributed by atoms with E-state index in [-0.39, 0.29) is 22.1 Å². The molecule has 0 saturated carbocycles. The van der Waals surface area contributed by atoms with Crippen molar-refractivity contribution in [1.29, 1.82) is 0 Å². The molecule has 2 aromatic carbocycles. The quantitative estimate of drug-likeness (QED) is 0.607. The number of anilines is 1. The van der Waals surface area contributed by atoms with E-state index in [1.54, 1.807) is 35.2 Å². The minimum absolute atomic E-state index is 0.0320. The molecule has 1 N–H and O–H groups in total. The molecular formula is C20H21N3O5. The minimum Gasteiger partial charge on any atom is -0.478 e. The smallest absolute Gasteiger partial charge is 0.335 e. The van der Waals surface area contributed by atoms with Crippen LogP contribution in [0.2, 0.25) is 0 Å². The summed E-state index contributed by atoms with van der Waals surface area (Å²) in [6.07, 6.45) is 0.890. The van der Waals surface area contributed by atoms with E-state index in [1.165, 1.54) is 18.2 Å². The lowest BCUT2D eigenvalue weighted by Crippen LogP contribution is -2.49. The summed E-state index contributed by atoms with van der Waals surface area (Å²) in [5.41, 5.74) is 1.79. The van der Waals surface area contributed by atoms with E-state index in [2.05, 4.69) is 0 Å². The van der Waals surface area contributed by atoms with Gasteiger partial charge >= 0.3 is 5.97 Å². The van der Waals surface area contributed by atoms with E-state index in [1.807, 2.05) is 4.90 Å². The Hall–Kier alpha value is -3.42. The van der Waals surface area contributed by atoms with Crippen LogP contribution in [0.4, 0.5) is 11.4 Å². The molecule has 1 heterocycles. The lowest BCUT2D eigenvalue weighted by molar-refractivity contribution is -0.384. The Kier molecular flexibility index (Phi) is 5.88. The molecule has 3 rings (SSSR count). The maximum atomic E-state index is 12.5. The highest BCUT2D eigenvalue weighted by molar-refractivity contribution is 5.87. The first-order valence-electron chi connectivity index (χ1n) is 9.04. The number of rotatable bonds is 6. The number of carbonyl (C=O) groups is 2. The first-order valence-corrected chi connectivity index (χ1v) is 9.04. The molecule has 0 atom stereocenters. The molecule has 28 heavy (non-hydrogen) atoms. The zero-order valence-corrected chi connectivity index (χ0v) is 15.3. The van der Waals surface area contributed by atoms with Crippen molar-refractivity contribution in [3.05, 3.63) is 69.8 Å². The maximum absolute atomic E-state index is 12.5. The van der Waals surface area contributed by atoms with E-state index in [0.29, 0.717) is 44.7 Å². The third-order valence-corrected chi connectivity index (χ3v) is 4.88. The second-order valence-corrected chi connectivity index (χ2v) is 6.62. The van der Waals surface area contributed by atoms with Crippen molar-refractivity contribution in [2.45, 2.75) is 12.8 Å². The van der Waals surface area contributed by atoms with Crippen LogP contribution >= 0.6 is 0 Å². The number of carbonyl (C=O) groups excluding carboxylic acids is 1. The van der Waals surface area contributed by atoms with Crippen LogP contribution in [0.1, 0.15) is 22.3 Å². The van der Waals surface area contributed by atoms with Crippen LogP contribution in [-0.4, -0.2) is 53.0 Å². The van der Waals surface area contributed by atoms with Crippen molar-refractivity contribution in [2.75, 3.05) is 31.1 Å². The molecule has 1 aliphatic heterocycles. The summed E-state index contributed by atoms with van der Waals surface area (Å²) in [6, 6.07) is 13.2. The lowest BCUT2D eigenvalue weighted by Gasteiger charge is -2.35. The van der Waals surface area contributed by atoms with Gasteiger partial charge in [-0.2, -0.15) is 0 Å². The third kappa shape index (κ3) is 4.46. The number of para-hydroxylation sites is 2. The van der Waals surface area contributed by atoms with Gasteiger partial charge in [0.2, 0.25) is 5.91 Å². The van der Waals surface area contributed by atoms with Crippen LogP contribution in [-0.2, 0) is 11.2 Å². The van der Waals surface area contributed by atoms with Crippen molar-refractivity contribution in [2.24, 2.45) is 0 Å².